The lowest BCUT2D eigenvalue weighted by Gasteiger charge is -2.62. The summed E-state index contributed by atoms with van der Waals surface area (Å²) in [4.78, 5) is 50.0. The molecular formula is C52H82O8. The van der Waals surface area contributed by atoms with Crippen LogP contribution in [0.15, 0.2) is 11.6 Å². The third-order valence-electron chi connectivity index (χ3n) is 21.0. The quantitative estimate of drug-likeness (QED) is 0.168. The molecule has 0 aromatic rings. The molecule has 0 spiro atoms. The zero-order valence-electron chi connectivity index (χ0n) is 38.6. The number of carboxylic acid groups (broad SMARTS) is 2. The maximum absolute atomic E-state index is 13.9. The molecule has 8 saturated carbocycles. The van der Waals surface area contributed by atoms with E-state index in [0.29, 0.717) is 64.8 Å². The van der Waals surface area contributed by atoms with E-state index >= 15 is 0 Å². The van der Waals surface area contributed by atoms with Gasteiger partial charge in [0, 0.05) is 30.6 Å². The lowest BCUT2D eigenvalue weighted by atomic mass is 9.42. The molecule has 8 heteroatoms. The third kappa shape index (κ3) is 7.51. The Bertz CT molecular complexity index is 1670. The lowest BCUT2D eigenvalue weighted by Crippen LogP contribution is -2.60. The zero-order chi connectivity index (χ0) is 43.7. The summed E-state index contributed by atoms with van der Waals surface area (Å²) in [6.07, 6.45) is 18.9. The molecule has 0 saturated heterocycles. The standard InChI is InChI=1S/C26H42O4.C26H40O4/c2*1-5-17-21-14-16(27)10-12-26(21,4)20-11-13-25(3)18(15(2)6-9-22(28)29)7-8-19(25)23(20)24(17)30/h15-21,23,27H,5-14H2,1-4H3,(H,28,29);5,15-16,18-21,23,27H,6-14H2,1-4H3,(H,28,29)/b;17-5+/t15-,16-,17-,18-,19?,20?,21?,23?,25-,26-;15-,16-,18-,19?,20?,21?,23?,25-,26-/m11/s1. The van der Waals surface area contributed by atoms with Crippen molar-refractivity contribution in [1.82, 2.24) is 0 Å². The Kier molecular flexibility index (Phi) is 13.1. The summed E-state index contributed by atoms with van der Waals surface area (Å²) in [5.74, 6) is 4.05. The molecule has 8 nitrogen and oxygen atoms in total. The first kappa shape index (κ1) is 45.9. The van der Waals surface area contributed by atoms with Gasteiger partial charge in [0.1, 0.15) is 5.78 Å². The summed E-state index contributed by atoms with van der Waals surface area (Å²) >= 11 is 0. The molecule has 0 radical (unpaired) electrons. The van der Waals surface area contributed by atoms with Crippen LogP contribution in [0.1, 0.15) is 177 Å². The van der Waals surface area contributed by atoms with Crippen molar-refractivity contribution in [1.29, 1.82) is 0 Å². The number of aliphatic hydroxyl groups is 2. The number of rotatable bonds is 9. The van der Waals surface area contributed by atoms with Crippen molar-refractivity contribution in [2.75, 3.05) is 0 Å². The summed E-state index contributed by atoms with van der Waals surface area (Å²) in [6.45, 7) is 18.3. The number of aliphatic hydroxyl groups excluding tert-OH is 2. The first-order chi connectivity index (χ1) is 28.3. The van der Waals surface area contributed by atoms with Gasteiger partial charge in [-0.1, -0.05) is 54.5 Å². The summed E-state index contributed by atoms with van der Waals surface area (Å²) in [6, 6.07) is 0. The van der Waals surface area contributed by atoms with Crippen LogP contribution in [-0.4, -0.2) is 56.1 Å². The number of hydrogen-bond acceptors (Lipinski definition) is 6. The molecule has 8 unspecified atom stereocenters. The number of carbonyl (C=O) groups excluding carboxylic acids is 2. The summed E-state index contributed by atoms with van der Waals surface area (Å²) in [5.41, 5.74) is 1.61. The summed E-state index contributed by atoms with van der Waals surface area (Å²) < 4.78 is 0. The van der Waals surface area contributed by atoms with Crippen molar-refractivity contribution in [3.05, 3.63) is 11.6 Å². The molecule has 0 bridgehead atoms. The molecule has 4 N–H and O–H groups in total. The van der Waals surface area contributed by atoms with Gasteiger partial charge in [0.15, 0.2) is 5.78 Å². The fourth-order valence-corrected chi connectivity index (χ4v) is 17.9. The second kappa shape index (κ2) is 17.1. The normalized spacial score (nSPS) is 48.6. The Morgan fingerprint density at radius 1 is 0.633 bits per heavy atom. The van der Waals surface area contributed by atoms with Crippen LogP contribution < -0.4 is 0 Å². The van der Waals surface area contributed by atoms with Crippen LogP contribution in [0.4, 0.5) is 0 Å². The van der Waals surface area contributed by atoms with Crippen LogP contribution in [-0.2, 0) is 19.2 Å². The first-order valence-electron chi connectivity index (χ1n) is 24.8. The van der Waals surface area contributed by atoms with Crippen molar-refractivity contribution >= 4 is 23.5 Å². The predicted molar refractivity (Wildman–Crippen MR) is 234 cm³/mol. The lowest BCUT2D eigenvalue weighted by molar-refractivity contribution is -0.173. The maximum Gasteiger partial charge on any atom is 0.303 e. The van der Waals surface area contributed by atoms with E-state index in [-0.39, 0.29) is 70.4 Å². The smallest absolute Gasteiger partial charge is 0.303 e. The topological polar surface area (TPSA) is 149 Å². The Hall–Kier alpha value is -2.06. The largest absolute Gasteiger partial charge is 0.481 e. The van der Waals surface area contributed by atoms with E-state index < -0.39 is 11.9 Å². The second-order valence-corrected chi connectivity index (χ2v) is 23.3. The minimum absolute atomic E-state index is 0.108. The van der Waals surface area contributed by atoms with Gasteiger partial charge in [-0.05, 0) is 202 Å². The van der Waals surface area contributed by atoms with Gasteiger partial charge in [0.25, 0.3) is 0 Å². The average molecular weight is 835 g/mol. The number of hydrogen-bond donors (Lipinski definition) is 4. The van der Waals surface area contributed by atoms with Crippen molar-refractivity contribution in [2.45, 2.75) is 190 Å². The fraction of sp³-hybridized carbons (Fsp3) is 0.885. The summed E-state index contributed by atoms with van der Waals surface area (Å²) in [5, 5.41) is 39.0. The SMILES string of the molecule is C/C=C1/C(=O)C2C(CC[C@@]3(C)C2CC[C@@H]3[C@H](C)CCC(=O)O)[C@@]2(C)CC[C@@H](O)CC12.CC[C@H]1C(=O)C2C(CC[C@@]3(C)C2CC[C@@H]3[C@H](C)CCC(=O)O)[C@@]2(C)CC[C@@H](O)CC12. The molecule has 0 heterocycles. The average Bonchev–Trinajstić information content (AvgIpc) is 3.74. The van der Waals surface area contributed by atoms with E-state index in [2.05, 4.69) is 48.5 Å². The van der Waals surface area contributed by atoms with Crippen LogP contribution in [0.2, 0.25) is 0 Å². The van der Waals surface area contributed by atoms with E-state index in [9.17, 15) is 29.4 Å². The highest BCUT2D eigenvalue weighted by atomic mass is 16.4. The van der Waals surface area contributed by atoms with Gasteiger partial charge in [-0.3, -0.25) is 19.2 Å². The minimum atomic E-state index is -0.705. The van der Waals surface area contributed by atoms with Gasteiger partial charge >= 0.3 is 11.9 Å². The highest BCUT2D eigenvalue weighted by molar-refractivity contribution is 5.99. The van der Waals surface area contributed by atoms with Gasteiger partial charge < -0.3 is 20.4 Å². The molecule has 0 aromatic carbocycles. The number of fused-ring (bicyclic) bond motifs is 10. The number of aliphatic carboxylic acids is 2. The van der Waals surface area contributed by atoms with Gasteiger partial charge in [-0.25, -0.2) is 0 Å². The third-order valence-corrected chi connectivity index (χ3v) is 21.0. The molecule has 338 valence electrons. The number of allylic oxidation sites excluding steroid dienone is 2. The monoisotopic (exact) mass is 835 g/mol. The van der Waals surface area contributed by atoms with E-state index in [0.717, 1.165) is 108 Å². The van der Waals surface area contributed by atoms with Gasteiger partial charge in [-0.15, -0.1) is 0 Å². The molecule has 8 rings (SSSR count). The van der Waals surface area contributed by atoms with E-state index in [1.165, 1.54) is 6.42 Å². The van der Waals surface area contributed by atoms with Crippen molar-refractivity contribution in [3.63, 3.8) is 0 Å². The number of carboxylic acids is 2. The molecule has 60 heavy (non-hydrogen) atoms. The highest BCUT2D eigenvalue weighted by Crippen LogP contribution is 2.70. The molecule has 0 amide bonds. The van der Waals surface area contributed by atoms with Crippen LogP contribution in [0.25, 0.3) is 0 Å². The minimum Gasteiger partial charge on any atom is -0.481 e. The summed E-state index contributed by atoms with van der Waals surface area (Å²) in [7, 11) is 0. The molecule has 0 aromatic heterocycles. The number of Topliss-reactive ketones (excluding diaryl/α,β-unsaturated/α-hetero) is 2. The Labute approximate surface area is 361 Å². The van der Waals surface area contributed by atoms with E-state index in [1.807, 2.05) is 13.0 Å². The van der Waals surface area contributed by atoms with E-state index in [4.69, 9.17) is 10.2 Å². The van der Waals surface area contributed by atoms with E-state index in [1.54, 1.807) is 0 Å². The van der Waals surface area contributed by atoms with Crippen molar-refractivity contribution in [2.24, 2.45) is 98.6 Å². The molecule has 0 aliphatic heterocycles. The van der Waals surface area contributed by atoms with Gasteiger partial charge in [0.05, 0.1) is 12.2 Å². The van der Waals surface area contributed by atoms with Gasteiger partial charge in [-0.2, -0.15) is 0 Å². The van der Waals surface area contributed by atoms with Crippen LogP contribution in [0, 0.1) is 98.6 Å². The predicted octanol–water partition coefficient (Wildman–Crippen LogP) is 10.6. The molecule has 19 atom stereocenters. The molecule has 8 aliphatic carbocycles. The first-order valence-corrected chi connectivity index (χ1v) is 24.8. The molecule has 8 aliphatic rings. The Balaban J connectivity index is 0.000000181. The van der Waals surface area contributed by atoms with Crippen LogP contribution >= 0.6 is 0 Å². The number of carbonyl (C=O) groups is 4. The Morgan fingerprint density at radius 2 is 1.08 bits per heavy atom. The highest BCUT2D eigenvalue weighted by Gasteiger charge is 2.66. The molecule has 8 fully saturated rings. The zero-order valence-corrected chi connectivity index (χ0v) is 38.6. The van der Waals surface area contributed by atoms with Crippen LogP contribution in [0.3, 0.4) is 0 Å². The van der Waals surface area contributed by atoms with Crippen LogP contribution in [0.5, 0.6) is 0 Å². The van der Waals surface area contributed by atoms with Crippen molar-refractivity contribution < 1.29 is 39.6 Å². The second-order valence-electron chi connectivity index (χ2n) is 23.3. The molecular weight excluding hydrogens is 753 g/mol. The maximum atomic E-state index is 13.9. The Morgan fingerprint density at radius 3 is 1.58 bits per heavy atom. The number of ketones is 2. The van der Waals surface area contributed by atoms with Crippen molar-refractivity contribution in [3.8, 4) is 0 Å². The fourth-order valence-electron chi connectivity index (χ4n) is 17.9. The van der Waals surface area contributed by atoms with Gasteiger partial charge in [0.2, 0.25) is 0 Å².